The van der Waals surface area contributed by atoms with E-state index in [0.29, 0.717) is 27.3 Å². The molecule has 0 saturated heterocycles. The van der Waals surface area contributed by atoms with Gasteiger partial charge >= 0.3 is 0 Å². The number of amides is 1. The van der Waals surface area contributed by atoms with Gasteiger partial charge in [-0.15, -0.1) is 0 Å². The molecule has 4 aromatic rings. The molecule has 0 spiro atoms. The third-order valence-electron chi connectivity index (χ3n) is 4.65. The number of hydrogen-bond donors (Lipinski definition) is 1. The van der Waals surface area contributed by atoms with Crippen LogP contribution >= 0.6 is 11.6 Å². The van der Waals surface area contributed by atoms with Crippen LogP contribution in [0, 0.1) is 5.82 Å². The van der Waals surface area contributed by atoms with Crippen LogP contribution in [0.4, 0.5) is 4.39 Å². The van der Waals surface area contributed by atoms with Crippen LogP contribution in [0.2, 0.25) is 5.02 Å². The molecular weight excluding hydrogens is 405 g/mol. The highest BCUT2D eigenvalue weighted by atomic mass is 35.5. The van der Waals surface area contributed by atoms with E-state index in [-0.39, 0.29) is 30.4 Å². The quantitative estimate of drug-likeness (QED) is 0.513. The van der Waals surface area contributed by atoms with Crippen molar-refractivity contribution in [1.82, 2.24) is 14.9 Å². The van der Waals surface area contributed by atoms with Crippen molar-refractivity contribution in [3.8, 4) is 0 Å². The molecule has 1 N–H and O–H groups in total. The van der Waals surface area contributed by atoms with Crippen molar-refractivity contribution in [3.05, 3.63) is 111 Å². The minimum absolute atomic E-state index is 0.0722. The van der Waals surface area contributed by atoms with Crippen LogP contribution in [-0.4, -0.2) is 20.8 Å². The summed E-state index contributed by atoms with van der Waals surface area (Å²) >= 11 is 6.05. The first-order valence-corrected chi connectivity index (χ1v) is 9.64. The van der Waals surface area contributed by atoms with Crippen molar-refractivity contribution >= 4 is 28.4 Å². The number of fused-ring (bicyclic) bond motifs is 1. The van der Waals surface area contributed by atoms with Crippen LogP contribution in [0.5, 0.6) is 0 Å². The van der Waals surface area contributed by atoms with Gasteiger partial charge in [-0.25, -0.2) is 9.37 Å². The van der Waals surface area contributed by atoms with E-state index in [1.807, 2.05) is 0 Å². The van der Waals surface area contributed by atoms with Gasteiger partial charge in [-0.2, -0.15) is 0 Å². The van der Waals surface area contributed by atoms with E-state index in [2.05, 4.69) is 9.97 Å². The number of aromatic amines is 1. The number of H-pyrrole nitrogens is 1. The van der Waals surface area contributed by atoms with Crippen LogP contribution < -0.4 is 5.56 Å². The third kappa shape index (κ3) is 4.39. The lowest BCUT2D eigenvalue weighted by atomic mass is 10.1. The van der Waals surface area contributed by atoms with Gasteiger partial charge in [-0.05, 0) is 48.0 Å². The summed E-state index contributed by atoms with van der Waals surface area (Å²) < 4.78 is 13.3. The first kappa shape index (κ1) is 19.8. The zero-order valence-electron chi connectivity index (χ0n) is 15.8. The topological polar surface area (TPSA) is 66.1 Å². The fourth-order valence-electron chi connectivity index (χ4n) is 3.20. The van der Waals surface area contributed by atoms with Crippen molar-refractivity contribution < 1.29 is 9.18 Å². The van der Waals surface area contributed by atoms with E-state index in [4.69, 9.17) is 11.6 Å². The highest BCUT2D eigenvalue weighted by Gasteiger charge is 2.19. The zero-order valence-corrected chi connectivity index (χ0v) is 16.6. The van der Waals surface area contributed by atoms with E-state index in [1.54, 1.807) is 60.7 Å². The number of halogens is 2. The molecule has 1 aromatic heterocycles. The van der Waals surface area contributed by atoms with Crippen molar-refractivity contribution in [2.45, 2.75) is 13.1 Å². The predicted molar refractivity (Wildman–Crippen MR) is 114 cm³/mol. The summed E-state index contributed by atoms with van der Waals surface area (Å²) in [5, 5.41) is 0.923. The van der Waals surface area contributed by atoms with Crippen molar-refractivity contribution in [2.24, 2.45) is 0 Å². The van der Waals surface area contributed by atoms with E-state index in [1.165, 1.54) is 17.0 Å². The molecular formula is C23H17ClFN3O2. The summed E-state index contributed by atoms with van der Waals surface area (Å²) in [4.78, 5) is 34.4. The smallest absolute Gasteiger partial charge is 0.258 e. The number of para-hydroxylation sites is 1. The molecule has 1 amide bonds. The van der Waals surface area contributed by atoms with Gasteiger partial charge in [0.25, 0.3) is 11.5 Å². The number of nitrogens with zero attached hydrogens (tertiary/aromatic N) is 2. The van der Waals surface area contributed by atoms with Crippen LogP contribution in [0.1, 0.15) is 21.7 Å². The van der Waals surface area contributed by atoms with Crippen LogP contribution in [0.3, 0.4) is 0 Å². The molecule has 0 fully saturated rings. The number of aromatic nitrogens is 2. The normalized spacial score (nSPS) is 10.9. The molecule has 150 valence electrons. The molecule has 0 atom stereocenters. The number of benzene rings is 3. The summed E-state index contributed by atoms with van der Waals surface area (Å²) in [5.41, 5.74) is 1.43. The molecule has 0 aliphatic rings. The Morgan fingerprint density at radius 3 is 2.53 bits per heavy atom. The average molecular weight is 422 g/mol. The molecule has 30 heavy (non-hydrogen) atoms. The minimum Gasteiger partial charge on any atom is -0.327 e. The first-order chi connectivity index (χ1) is 14.5. The molecule has 0 bridgehead atoms. The molecule has 0 aliphatic heterocycles. The van der Waals surface area contributed by atoms with Gasteiger partial charge in [0.1, 0.15) is 11.6 Å². The Labute approximate surface area is 176 Å². The molecule has 0 unspecified atom stereocenters. The third-order valence-corrected chi connectivity index (χ3v) is 4.88. The van der Waals surface area contributed by atoms with E-state index in [0.717, 1.165) is 5.56 Å². The maximum absolute atomic E-state index is 13.3. The van der Waals surface area contributed by atoms with E-state index < -0.39 is 0 Å². The Morgan fingerprint density at radius 1 is 1.00 bits per heavy atom. The van der Waals surface area contributed by atoms with Crippen molar-refractivity contribution in [3.63, 3.8) is 0 Å². The lowest BCUT2D eigenvalue weighted by Crippen LogP contribution is -2.31. The van der Waals surface area contributed by atoms with Gasteiger partial charge < -0.3 is 9.88 Å². The standard InChI is InChI=1S/C23H17ClFN3O2/c24-17-5-3-4-16(12-17)23(30)28(13-15-8-10-18(25)11-9-15)14-21-26-20-7-2-1-6-19(20)22(29)27-21/h1-12H,13-14H2,(H,26,27,29). The minimum atomic E-state index is -0.355. The highest BCUT2D eigenvalue weighted by molar-refractivity contribution is 6.30. The summed E-state index contributed by atoms with van der Waals surface area (Å²) in [6, 6.07) is 19.5. The molecule has 0 aliphatic carbocycles. The van der Waals surface area contributed by atoms with Gasteiger partial charge in [-0.3, -0.25) is 9.59 Å². The van der Waals surface area contributed by atoms with Crippen molar-refractivity contribution in [1.29, 1.82) is 0 Å². The monoisotopic (exact) mass is 421 g/mol. The zero-order chi connectivity index (χ0) is 21.1. The lowest BCUT2D eigenvalue weighted by molar-refractivity contribution is 0.0725. The molecule has 0 saturated carbocycles. The Bertz CT molecular complexity index is 1270. The van der Waals surface area contributed by atoms with Gasteiger partial charge in [0.2, 0.25) is 0 Å². The molecule has 0 radical (unpaired) electrons. The Morgan fingerprint density at radius 2 is 1.77 bits per heavy atom. The van der Waals surface area contributed by atoms with Gasteiger partial charge in [-0.1, -0.05) is 41.9 Å². The molecule has 7 heteroatoms. The second kappa shape index (κ2) is 8.47. The molecule has 1 heterocycles. The van der Waals surface area contributed by atoms with Crippen molar-refractivity contribution in [2.75, 3.05) is 0 Å². The van der Waals surface area contributed by atoms with Gasteiger partial charge in [0.15, 0.2) is 0 Å². The summed E-state index contributed by atoms with van der Waals surface area (Å²) in [6.45, 7) is 0.283. The number of carbonyl (C=O) groups excluding carboxylic acids is 1. The number of hydrogen-bond acceptors (Lipinski definition) is 3. The number of nitrogens with one attached hydrogen (secondary N) is 1. The Kier molecular flexibility index (Phi) is 5.59. The summed E-state index contributed by atoms with van der Waals surface area (Å²) in [5.74, 6) is -0.277. The van der Waals surface area contributed by atoms with Gasteiger partial charge in [0, 0.05) is 17.1 Å². The first-order valence-electron chi connectivity index (χ1n) is 9.27. The predicted octanol–water partition coefficient (Wildman–Crippen LogP) is 4.56. The fraction of sp³-hybridized carbons (Fsp3) is 0.0870. The maximum atomic E-state index is 13.3. The van der Waals surface area contributed by atoms with E-state index >= 15 is 0 Å². The molecule has 3 aromatic carbocycles. The Hall–Kier alpha value is -3.51. The Balaban J connectivity index is 1.70. The second-order valence-electron chi connectivity index (χ2n) is 6.83. The SMILES string of the molecule is O=C(c1cccc(Cl)c1)N(Cc1ccc(F)cc1)Cc1nc2ccccc2c(=O)[nH]1. The van der Waals surface area contributed by atoms with Crippen LogP contribution in [0.15, 0.2) is 77.6 Å². The largest absolute Gasteiger partial charge is 0.327 e. The second-order valence-corrected chi connectivity index (χ2v) is 7.26. The highest BCUT2D eigenvalue weighted by Crippen LogP contribution is 2.17. The van der Waals surface area contributed by atoms with Gasteiger partial charge in [0.05, 0.1) is 17.4 Å². The number of rotatable bonds is 5. The molecule has 5 nitrogen and oxygen atoms in total. The van der Waals surface area contributed by atoms with Crippen LogP contribution in [-0.2, 0) is 13.1 Å². The van der Waals surface area contributed by atoms with E-state index in [9.17, 15) is 14.0 Å². The number of carbonyl (C=O) groups is 1. The fourth-order valence-corrected chi connectivity index (χ4v) is 3.39. The summed E-state index contributed by atoms with van der Waals surface area (Å²) in [7, 11) is 0. The lowest BCUT2D eigenvalue weighted by Gasteiger charge is -2.23. The molecule has 4 rings (SSSR count). The summed E-state index contributed by atoms with van der Waals surface area (Å²) in [6.07, 6.45) is 0. The van der Waals surface area contributed by atoms with Crippen LogP contribution in [0.25, 0.3) is 10.9 Å². The average Bonchev–Trinajstić information content (AvgIpc) is 2.74. The maximum Gasteiger partial charge on any atom is 0.258 e.